The van der Waals surface area contributed by atoms with Crippen LogP contribution < -0.4 is 5.32 Å². The third-order valence-corrected chi connectivity index (χ3v) is 5.94. The van der Waals surface area contributed by atoms with Gasteiger partial charge in [0.05, 0.1) is 16.2 Å². The number of aromatic nitrogens is 2. The van der Waals surface area contributed by atoms with Gasteiger partial charge in [0.15, 0.2) is 9.84 Å². The summed E-state index contributed by atoms with van der Waals surface area (Å²) in [4.78, 5) is 11.9. The Balaban J connectivity index is 1.53. The van der Waals surface area contributed by atoms with Gasteiger partial charge >= 0.3 is 12.2 Å². The van der Waals surface area contributed by atoms with Gasteiger partial charge in [-0.25, -0.2) is 12.8 Å². The Bertz CT molecular complexity index is 1160. The summed E-state index contributed by atoms with van der Waals surface area (Å²) >= 11 is 0. The third-order valence-electron chi connectivity index (χ3n) is 4.12. The normalized spacial score (nSPS) is 12.0. The average molecular weight is 457 g/mol. The number of carbonyl (C=O) groups is 1. The van der Waals surface area contributed by atoms with E-state index >= 15 is 0 Å². The van der Waals surface area contributed by atoms with Crippen molar-refractivity contribution in [1.29, 1.82) is 0 Å². The van der Waals surface area contributed by atoms with Gasteiger partial charge in [0.25, 0.3) is 0 Å². The molecule has 3 aromatic rings. The highest BCUT2D eigenvalue weighted by Gasteiger charge is 2.30. The van der Waals surface area contributed by atoms with Crippen LogP contribution >= 0.6 is 0 Å². The van der Waals surface area contributed by atoms with Crippen molar-refractivity contribution in [3.8, 4) is 11.5 Å². The fourth-order valence-corrected chi connectivity index (χ4v) is 3.87. The number of anilines is 1. The summed E-state index contributed by atoms with van der Waals surface area (Å²) in [7, 11) is -3.67. The van der Waals surface area contributed by atoms with Crippen LogP contribution in [0.2, 0.25) is 0 Å². The molecular formula is C19H15F4N3O4S. The molecule has 0 unspecified atom stereocenters. The minimum Gasteiger partial charge on any atom is -0.403 e. The molecule has 0 aliphatic rings. The van der Waals surface area contributed by atoms with E-state index < -0.39 is 33.3 Å². The number of halogens is 4. The maximum atomic E-state index is 12.9. The van der Waals surface area contributed by atoms with Gasteiger partial charge in [0, 0.05) is 12.0 Å². The van der Waals surface area contributed by atoms with Gasteiger partial charge in [-0.1, -0.05) is 5.10 Å². The zero-order chi connectivity index (χ0) is 22.6. The van der Waals surface area contributed by atoms with E-state index in [0.717, 1.165) is 48.5 Å². The summed E-state index contributed by atoms with van der Waals surface area (Å²) < 4.78 is 80.3. The van der Waals surface area contributed by atoms with E-state index in [2.05, 4.69) is 15.5 Å². The average Bonchev–Trinajstić information content (AvgIpc) is 3.16. The monoisotopic (exact) mass is 457 g/mol. The first-order valence-electron chi connectivity index (χ1n) is 8.84. The Kier molecular flexibility index (Phi) is 6.39. The number of benzene rings is 2. The lowest BCUT2D eigenvalue weighted by molar-refractivity contribution is -0.137. The first kappa shape index (κ1) is 22.4. The molecule has 7 nitrogen and oxygen atoms in total. The Hall–Kier alpha value is -3.28. The molecule has 0 saturated carbocycles. The van der Waals surface area contributed by atoms with E-state index in [1.165, 1.54) is 0 Å². The smallest absolute Gasteiger partial charge is 0.403 e. The number of carbonyl (C=O) groups excluding carboxylic acids is 1. The summed E-state index contributed by atoms with van der Waals surface area (Å²) in [5, 5.41) is 9.55. The van der Waals surface area contributed by atoms with Crippen molar-refractivity contribution in [1.82, 2.24) is 10.2 Å². The highest BCUT2D eigenvalue weighted by atomic mass is 32.2. The highest BCUT2D eigenvalue weighted by molar-refractivity contribution is 7.91. The van der Waals surface area contributed by atoms with Crippen LogP contribution in [0.15, 0.2) is 57.8 Å². The molecule has 0 aliphatic carbocycles. The first-order valence-corrected chi connectivity index (χ1v) is 10.5. The molecule has 0 saturated heterocycles. The quantitative estimate of drug-likeness (QED) is 0.424. The Morgan fingerprint density at radius 3 is 2.26 bits per heavy atom. The van der Waals surface area contributed by atoms with Gasteiger partial charge in [-0.2, -0.15) is 13.2 Å². The second-order valence-corrected chi connectivity index (χ2v) is 8.52. The molecule has 1 aromatic heterocycles. The molecule has 12 heteroatoms. The van der Waals surface area contributed by atoms with Crippen molar-refractivity contribution < 1.29 is 35.2 Å². The predicted octanol–water partition coefficient (Wildman–Crippen LogP) is 4.09. The standard InChI is InChI=1S/C19H15F4N3O4S/c20-14-7-9-15(10-8-14)31(28,29)11-1-2-16(27)24-18-26-25-17(30-18)12-3-5-13(6-4-12)19(21,22)23/h3-10H,1-2,11H2,(H,24,26,27). The Labute approximate surface area is 174 Å². The van der Waals surface area contributed by atoms with Crippen LogP contribution in [0.4, 0.5) is 23.6 Å². The van der Waals surface area contributed by atoms with Gasteiger partial charge < -0.3 is 4.42 Å². The van der Waals surface area contributed by atoms with Crippen LogP contribution in [-0.2, 0) is 20.8 Å². The van der Waals surface area contributed by atoms with Crippen LogP contribution in [0.3, 0.4) is 0 Å². The van der Waals surface area contributed by atoms with E-state index in [0.29, 0.717) is 0 Å². The van der Waals surface area contributed by atoms with Crippen LogP contribution in [0.5, 0.6) is 0 Å². The molecule has 0 fully saturated rings. The van der Waals surface area contributed by atoms with Gasteiger partial charge in [-0.05, 0) is 55.0 Å². The van der Waals surface area contributed by atoms with Crippen molar-refractivity contribution in [3.63, 3.8) is 0 Å². The number of rotatable bonds is 7. The number of nitrogens with zero attached hydrogens (tertiary/aromatic N) is 2. The first-order chi connectivity index (χ1) is 14.5. The SMILES string of the molecule is O=C(CCCS(=O)(=O)c1ccc(F)cc1)Nc1nnc(-c2ccc(C(F)(F)F)cc2)o1. The molecule has 1 amide bonds. The van der Waals surface area contributed by atoms with Gasteiger partial charge in [0.2, 0.25) is 11.8 Å². The molecule has 0 radical (unpaired) electrons. The zero-order valence-electron chi connectivity index (χ0n) is 15.7. The molecule has 3 rings (SSSR count). The largest absolute Gasteiger partial charge is 0.416 e. The molecule has 1 heterocycles. The van der Waals surface area contributed by atoms with E-state index in [-0.39, 0.29) is 41.0 Å². The fraction of sp³-hybridized carbons (Fsp3) is 0.211. The van der Waals surface area contributed by atoms with Gasteiger partial charge in [0.1, 0.15) is 5.82 Å². The second kappa shape index (κ2) is 8.84. The van der Waals surface area contributed by atoms with Gasteiger partial charge in [-0.15, -0.1) is 5.10 Å². The van der Waals surface area contributed by atoms with Crippen molar-refractivity contribution in [2.24, 2.45) is 0 Å². The maximum Gasteiger partial charge on any atom is 0.416 e. The number of amides is 1. The topological polar surface area (TPSA) is 102 Å². The van der Waals surface area contributed by atoms with Crippen LogP contribution in [0.25, 0.3) is 11.5 Å². The van der Waals surface area contributed by atoms with Crippen molar-refractivity contribution in [3.05, 3.63) is 59.9 Å². The van der Waals surface area contributed by atoms with Crippen molar-refractivity contribution in [2.75, 3.05) is 11.1 Å². The third kappa shape index (κ3) is 5.87. The highest BCUT2D eigenvalue weighted by Crippen LogP contribution is 2.31. The maximum absolute atomic E-state index is 12.9. The Morgan fingerprint density at radius 1 is 1.00 bits per heavy atom. The Morgan fingerprint density at radius 2 is 1.65 bits per heavy atom. The molecule has 1 N–H and O–H groups in total. The summed E-state index contributed by atoms with van der Waals surface area (Å²) in [6, 6.07) is 8.11. The van der Waals surface area contributed by atoms with Gasteiger partial charge in [-0.3, -0.25) is 10.1 Å². The molecule has 31 heavy (non-hydrogen) atoms. The summed E-state index contributed by atoms with van der Waals surface area (Å²) in [6.45, 7) is 0. The fourth-order valence-electron chi connectivity index (χ4n) is 2.56. The molecular weight excluding hydrogens is 442 g/mol. The number of hydrogen-bond donors (Lipinski definition) is 1. The summed E-state index contributed by atoms with van der Waals surface area (Å²) in [6.07, 6.45) is -4.65. The van der Waals surface area contributed by atoms with Crippen LogP contribution in [-0.4, -0.2) is 30.3 Å². The molecule has 164 valence electrons. The van der Waals surface area contributed by atoms with E-state index in [1.807, 2.05) is 0 Å². The molecule has 0 spiro atoms. The lowest BCUT2D eigenvalue weighted by Gasteiger charge is -2.06. The minimum absolute atomic E-state index is 0.00849. The number of hydrogen-bond acceptors (Lipinski definition) is 6. The molecule has 2 aromatic carbocycles. The zero-order valence-corrected chi connectivity index (χ0v) is 16.5. The minimum atomic E-state index is -4.48. The van der Waals surface area contributed by atoms with E-state index in [4.69, 9.17) is 4.42 Å². The number of sulfone groups is 1. The lowest BCUT2D eigenvalue weighted by atomic mass is 10.1. The van der Waals surface area contributed by atoms with Crippen LogP contribution in [0, 0.1) is 5.82 Å². The molecule has 0 bridgehead atoms. The molecule has 0 atom stereocenters. The van der Waals surface area contributed by atoms with Crippen molar-refractivity contribution in [2.45, 2.75) is 23.9 Å². The lowest BCUT2D eigenvalue weighted by Crippen LogP contribution is -2.14. The molecule has 0 aliphatic heterocycles. The van der Waals surface area contributed by atoms with E-state index in [9.17, 15) is 30.8 Å². The van der Waals surface area contributed by atoms with E-state index in [1.54, 1.807) is 0 Å². The predicted molar refractivity (Wildman–Crippen MR) is 101 cm³/mol. The summed E-state index contributed by atoms with van der Waals surface area (Å²) in [5.41, 5.74) is -0.605. The summed E-state index contributed by atoms with van der Waals surface area (Å²) in [5.74, 6) is -1.57. The van der Waals surface area contributed by atoms with Crippen molar-refractivity contribution >= 4 is 21.8 Å². The van der Waals surface area contributed by atoms with Crippen LogP contribution in [0.1, 0.15) is 18.4 Å². The number of nitrogens with one attached hydrogen (secondary N) is 1. The second-order valence-electron chi connectivity index (χ2n) is 6.41. The number of alkyl halides is 3.